The van der Waals surface area contributed by atoms with Crippen molar-refractivity contribution in [2.75, 3.05) is 13.1 Å². The molecule has 0 aliphatic heterocycles. The molecule has 0 bridgehead atoms. The normalized spacial score (nSPS) is 14.8. The monoisotopic (exact) mass is 359 g/mol. The Morgan fingerprint density at radius 1 is 0.852 bits per heavy atom. The van der Waals surface area contributed by atoms with E-state index in [1.165, 1.54) is 16.7 Å². The van der Waals surface area contributed by atoms with Crippen molar-refractivity contribution in [3.05, 3.63) is 108 Å². The van der Waals surface area contributed by atoms with Gasteiger partial charge in [-0.05, 0) is 36.0 Å². The second-order valence-electron chi connectivity index (χ2n) is 7.14. The number of rotatable bonds is 9. The van der Waals surface area contributed by atoms with Crippen molar-refractivity contribution in [2.24, 2.45) is 0 Å². The summed E-state index contributed by atoms with van der Waals surface area (Å²) in [6.45, 7) is 2.39. The lowest BCUT2D eigenvalue weighted by atomic mass is 10.1. The molecule has 0 saturated heterocycles. The number of hydrogen-bond acceptors (Lipinski definition) is 2. The van der Waals surface area contributed by atoms with E-state index < -0.39 is 0 Å². The van der Waals surface area contributed by atoms with E-state index in [4.69, 9.17) is 0 Å². The third-order valence-electron chi connectivity index (χ3n) is 4.81. The molecule has 0 amide bonds. The highest BCUT2D eigenvalue weighted by Gasteiger charge is 2.14. The zero-order chi connectivity index (χ0) is 18.7. The van der Waals surface area contributed by atoms with Crippen LogP contribution in [0.1, 0.15) is 24.0 Å². The minimum Gasteiger partial charge on any atom is -0.392 e. The minimum absolute atomic E-state index is 0.331. The Labute approximate surface area is 163 Å². The second-order valence-corrected chi connectivity index (χ2v) is 7.14. The van der Waals surface area contributed by atoms with Crippen LogP contribution in [0.25, 0.3) is 0 Å². The first-order valence-electron chi connectivity index (χ1n) is 9.80. The van der Waals surface area contributed by atoms with Gasteiger partial charge in [0.25, 0.3) is 0 Å². The molecule has 0 aromatic heterocycles. The molecule has 140 valence electrons. The number of benzene rings is 2. The average Bonchev–Trinajstić information content (AvgIpc) is 2.97. The molecule has 1 aliphatic rings. The van der Waals surface area contributed by atoms with Crippen LogP contribution in [0.5, 0.6) is 0 Å². The van der Waals surface area contributed by atoms with Crippen LogP contribution < -0.4 is 0 Å². The number of aliphatic hydroxyl groups excluding tert-OH is 1. The first-order valence-corrected chi connectivity index (χ1v) is 9.80. The lowest BCUT2D eigenvalue weighted by molar-refractivity contribution is 0.107. The summed E-state index contributed by atoms with van der Waals surface area (Å²) < 4.78 is 0. The van der Waals surface area contributed by atoms with Crippen molar-refractivity contribution < 1.29 is 5.11 Å². The van der Waals surface area contributed by atoms with Crippen LogP contribution >= 0.6 is 0 Å². The number of hydrogen-bond donors (Lipinski definition) is 1. The Bertz CT molecular complexity index is 761. The Morgan fingerprint density at radius 3 is 2.30 bits per heavy atom. The van der Waals surface area contributed by atoms with Crippen molar-refractivity contribution in [3.63, 3.8) is 0 Å². The minimum atomic E-state index is -0.331. The SMILES string of the molecule is OC(CCc1ccccc1)CN(CC1=CCC=CC=C1)Cc1ccccc1. The maximum Gasteiger partial charge on any atom is 0.0670 e. The Morgan fingerprint density at radius 2 is 1.56 bits per heavy atom. The van der Waals surface area contributed by atoms with Crippen molar-refractivity contribution >= 4 is 0 Å². The molecular weight excluding hydrogens is 330 g/mol. The maximum absolute atomic E-state index is 10.7. The van der Waals surface area contributed by atoms with Crippen LogP contribution in [0.3, 0.4) is 0 Å². The molecule has 2 aromatic carbocycles. The van der Waals surface area contributed by atoms with Crippen LogP contribution in [0.4, 0.5) is 0 Å². The molecule has 1 aliphatic carbocycles. The zero-order valence-corrected chi connectivity index (χ0v) is 15.9. The van der Waals surface area contributed by atoms with Gasteiger partial charge in [-0.3, -0.25) is 4.90 Å². The van der Waals surface area contributed by atoms with E-state index >= 15 is 0 Å². The van der Waals surface area contributed by atoms with Crippen LogP contribution in [0.2, 0.25) is 0 Å². The number of allylic oxidation sites excluding steroid dienone is 4. The summed E-state index contributed by atoms with van der Waals surface area (Å²) >= 11 is 0. The summed E-state index contributed by atoms with van der Waals surface area (Å²) in [6.07, 6.45) is 13.1. The quantitative estimate of drug-likeness (QED) is 0.686. The molecule has 2 heteroatoms. The molecule has 1 N–H and O–H groups in total. The molecule has 0 heterocycles. The highest BCUT2D eigenvalue weighted by Crippen LogP contribution is 2.13. The first kappa shape index (κ1) is 19.3. The summed E-state index contributed by atoms with van der Waals surface area (Å²) in [5.41, 5.74) is 3.88. The van der Waals surface area contributed by atoms with E-state index in [0.717, 1.165) is 32.4 Å². The van der Waals surface area contributed by atoms with Crippen LogP contribution in [-0.4, -0.2) is 29.2 Å². The predicted molar refractivity (Wildman–Crippen MR) is 113 cm³/mol. The van der Waals surface area contributed by atoms with Gasteiger partial charge >= 0.3 is 0 Å². The largest absolute Gasteiger partial charge is 0.392 e. The molecule has 0 fully saturated rings. The molecule has 1 atom stereocenters. The fourth-order valence-electron chi connectivity index (χ4n) is 3.39. The van der Waals surface area contributed by atoms with E-state index in [-0.39, 0.29) is 6.10 Å². The standard InChI is InChI=1S/C25H29NO/c27-25(18-17-22-11-7-3-8-12-22)21-26(20-24-15-9-4-10-16-24)19-23-13-5-1-2-6-14-23/h1-5,7-16,25,27H,6,17-21H2. The average molecular weight is 360 g/mol. The molecule has 2 nitrogen and oxygen atoms in total. The van der Waals surface area contributed by atoms with E-state index in [1.807, 2.05) is 12.1 Å². The molecule has 27 heavy (non-hydrogen) atoms. The van der Waals surface area contributed by atoms with Crippen molar-refractivity contribution in [2.45, 2.75) is 31.9 Å². The Balaban J connectivity index is 1.60. The highest BCUT2D eigenvalue weighted by atomic mass is 16.3. The third-order valence-corrected chi connectivity index (χ3v) is 4.81. The fraction of sp³-hybridized carbons (Fsp3) is 0.280. The molecule has 0 radical (unpaired) electrons. The van der Waals surface area contributed by atoms with E-state index in [2.05, 4.69) is 83.8 Å². The number of aliphatic hydroxyl groups is 1. The number of nitrogens with zero attached hydrogens (tertiary/aromatic N) is 1. The summed E-state index contributed by atoms with van der Waals surface area (Å²) in [7, 11) is 0. The molecule has 0 spiro atoms. The lowest BCUT2D eigenvalue weighted by Gasteiger charge is -2.26. The van der Waals surface area contributed by atoms with E-state index in [9.17, 15) is 5.11 Å². The topological polar surface area (TPSA) is 23.5 Å². The van der Waals surface area contributed by atoms with Gasteiger partial charge in [-0.1, -0.05) is 91.0 Å². The van der Waals surface area contributed by atoms with Crippen LogP contribution in [-0.2, 0) is 13.0 Å². The van der Waals surface area contributed by atoms with Gasteiger partial charge in [-0.2, -0.15) is 0 Å². The molecule has 1 unspecified atom stereocenters. The molecule has 3 rings (SSSR count). The fourth-order valence-corrected chi connectivity index (χ4v) is 3.39. The summed E-state index contributed by atoms with van der Waals surface area (Å²) in [5, 5.41) is 10.7. The number of aryl methyl sites for hydroxylation is 1. The van der Waals surface area contributed by atoms with Crippen molar-refractivity contribution in [3.8, 4) is 0 Å². The van der Waals surface area contributed by atoms with Crippen LogP contribution in [0.15, 0.2) is 96.6 Å². The highest BCUT2D eigenvalue weighted by molar-refractivity contribution is 5.28. The van der Waals surface area contributed by atoms with Gasteiger partial charge in [0.15, 0.2) is 0 Å². The maximum atomic E-state index is 10.7. The van der Waals surface area contributed by atoms with Crippen molar-refractivity contribution in [1.29, 1.82) is 0 Å². The van der Waals surface area contributed by atoms with Gasteiger partial charge in [-0.25, -0.2) is 0 Å². The van der Waals surface area contributed by atoms with Gasteiger partial charge in [0.2, 0.25) is 0 Å². The first-order chi connectivity index (χ1) is 13.3. The third kappa shape index (κ3) is 7.01. The second kappa shape index (κ2) is 10.7. The molecular formula is C25H29NO. The van der Waals surface area contributed by atoms with Gasteiger partial charge in [0.05, 0.1) is 6.10 Å². The zero-order valence-electron chi connectivity index (χ0n) is 15.9. The summed E-state index contributed by atoms with van der Waals surface area (Å²) in [4.78, 5) is 2.35. The van der Waals surface area contributed by atoms with Crippen LogP contribution in [0, 0.1) is 0 Å². The van der Waals surface area contributed by atoms with Gasteiger partial charge in [0.1, 0.15) is 0 Å². The van der Waals surface area contributed by atoms with Gasteiger partial charge in [0, 0.05) is 19.6 Å². The van der Waals surface area contributed by atoms with E-state index in [1.54, 1.807) is 0 Å². The molecule has 0 saturated carbocycles. The predicted octanol–water partition coefficient (Wildman–Crippen LogP) is 4.92. The van der Waals surface area contributed by atoms with Crippen molar-refractivity contribution in [1.82, 2.24) is 4.90 Å². The van der Waals surface area contributed by atoms with Gasteiger partial charge < -0.3 is 5.11 Å². The summed E-state index contributed by atoms with van der Waals surface area (Å²) in [5.74, 6) is 0. The Kier molecular flexibility index (Phi) is 7.64. The Hall–Kier alpha value is -2.42. The molecule has 2 aromatic rings. The van der Waals surface area contributed by atoms with Gasteiger partial charge in [-0.15, -0.1) is 0 Å². The summed E-state index contributed by atoms with van der Waals surface area (Å²) in [6, 6.07) is 20.9. The smallest absolute Gasteiger partial charge is 0.0670 e. The van der Waals surface area contributed by atoms with E-state index in [0.29, 0.717) is 6.54 Å². The lowest BCUT2D eigenvalue weighted by Crippen LogP contribution is -2.33.